The van der Waals surface area contributed by atoms with Crippen molar-refractivity contribution >= 4 is 0 Å². The van der Waals surface area contributed by atoms with Crippen LogP contribution in [0.25, 0.3) is 0 Å². The van der Waals surface area contributed by atoms with Gasteiger partial charge in [0.25, 0.3) is 0 Å². The maximum Gasteiger partial charge on any atom is 0.00721 e. The molecule has 1 rings (SSSR count). The maximum absolute atomic E-state index is 6.07. The van der Waals surface area contributed by atoms with Crippen molar-refractivity contribution in [1.82, 2.24) is 0 Å². The molecule has 0 saturated heterocycles. The third-order valence-corrected chi connectivity index (χ3v) is 3.07. The topological polar surface area (TPSA) is 26.0 Å². The minimum absolute atomic E-state index is 0.471. The van der Waals surface area contributed by atoms with Crippen LogP contribution in [-0.2, 0) is 0 Å². The fourth-order valence-corrected chi connectivity index (χ4v) is 2.28. The standard InChI is InChI=1S/C10H21N/c1-7(2)9-5-4-8(3)6-10(9)11/h7-10H,4-6,11H2,1-3H3/t8-,9?,10?/m1/s1. The van der Waals surface area contributed by atoms with E-state index in [-0.39, 0.29) is 0 Å². The quantitative estimate of drug-likeness (QED) is 0.618. The van der Waals surface area contributed by atoms with E-state index < -0.39 is 0 Å². The second-order valence-electron chi connectivity index (χ2n) is 4.49. The zero-order valence-electron chi connectivity index (χ0n) is 8.01. The Hall–Kier alpha value is -0.0400. The predicted molar refractivity (Wildman–Crippen MR) is 49.3 cm³/mol. The molecule has 11 heavy (non-hydrogen) atoms. The Bertz CT molecular complexity index is 120. The number of rotatable bonds is 1. The molecule has 0 aromatic rings. The SMILES string of the molecule is CC(C)C1CC[C@@H](C)CC1N. The normalized spacial score (nSPS) is 39.5. The van der Waals surface area contributed by atoms with Gasteiger partial charge < -0.3 is 5.73 Å². The molecule has 2 N–H and O–H groups in total. The number of hydrogen-bond acceptors (Lipinski definition) is 1. The van der Waals surface area contributed by atoms with Gasteiger partial charge in [0, 0.05) is 6.04 Å². The van der Waals surface area contributed by atoms with E-state index in [0.29, 0.717) is 6.04 Å². The molecule has 1 nitrogen and oxygen atoms in total. The zero-order valence-corrected chi connectivity index (χ0v) is 8.01. The van der Waals surface area contributed by atoms with Crippen molar-refractivity contribution in [2.75, 3.05) is 0 Å². The molecule has 3 atom stereocenters. The molecule has 0 heterocycles. The van der Waals surface area contributed by atoms with Crippen molar-refractivity contribution in [1.29, 1.82) is 0 Å². The fraction of sp³-hybridized carbons (Fsp3) is 1.00. The molecule has 0 aromatic heterocycles. The lowest BCUT2D eigenvalue weighted by Gasteiger charge is -2.34. The minimum atomic E-state index is 0.471. The highest BCUT2D eigenvalue weighted by atomic mass is 14.7. The van der Waals surface area contributed by atoms with Gasteiger partial charge in [-0.1, -0.05) is 27.2 Å². The van der Waals surface area contributed by atoms with Gasteiger partial charge in [0.05, 0.1) is 0 Å². The molecule has 1 aliphatic rings. The van der Waals surface area contributed by atoms with Crippen LogP contribution >= 0.6 is 0 Å². The van der Waals surface area contributed by atoms with E-state index in [0.717, 1.165) is 17.8 Å². The largest absolute Gasteiger partial charge is 0.327 e. The Morgan fingerprint density at radius 3 is 2.36 bits per heavy atom. The summed E-state index contributed by atoms with van der Waals surface area (Å²) in [5, 5.41) is 0. The first-order valence-electron chi connectivity index (χ1n) is 4.87. The summed E-state index contributed by atoms with van der Waals surface area (Å²) in [5.41, 5.74) is 6.07. The second-order valence-corrected chi connectivity index (χ2v) is 4.49. The molecule has 0 spiro atoms. The molecule has 2 unspecified atom stereocenters. The van der Waals surface area contributed by atoms with Crippen molar-refractivity contribution in [2.45, 2.75) is 46.1 Å². The molecule has 0 bridgehead atoms. The predicted octanol–water partition coefficient (Wildman–Crippen LogP) is 2.41. The average Bonchev–Trinajstić information content (AvgIpc) is 1.85. The lowest BCUT2D eigenvalue weighted by atomic mass is 9.74. The van der Waals surface area contributed by atoms with Crippen LogP contribution in [-0.4, -0.2) is 6.04 Å². The average molecular weight is 155 g/mol. The fourth-order valence-electron chi connectivity index (χ4n) is 2.28. The van der Waals surface area contributed by atoms with E-state index in [1.165, 1.54) is 19.3 Å². The van der Waals surface area contributed by atoms with Crippen LogP contribution in [0.3, 0.4) is 0 Å². The van der Waals surface area contributed by atoms with Gasteiger partial charge >= 0.3 is 0 Å². The molecule has 1 heteroatoms. The molecule has 0 amide bonds. The maximum atomic E-state index is 6.07. The molecule has 66 valence electrons. The van der Waals surface area contributed by atoms with E-state index in [2.05, 4.69) is 20.8 Å². The summed E-state index contributed by atoms with van der Waals surface area (Å²) in [6.07, 6.45) is 3.97. The third-order valence-electron chi connectivity index (χ3n) is 3.07. The Morgan fingerprint density at radius 2 is 1.91 bits per heavy atom. The molecule has 0 radical (unpaired) electrons. The van der Waals surface area contributed by atoms with Crippen LogP contribution in [0.5, 0.6) is 0 Å². The van der Waals surface area contributed by atoms with Crippen LogP contribution < -0.4 is 5.73 Å². The molecular weight excluding hydrogens is 134 g/mol. The van der Waals surface area contributed by atoms with Gasteiger partial charge in [-0.15, -0.1) is 0 Å². The van der Waals surface area contributed by atoms with E-state index in [1.54, 1.807) is 0 Å². The van der Waals surface area contributed by atoms with E-state index in [1.807, 2.05) is 0 Å². The molecule has 1 fully saturated rings. The van der Waals surface area contributed by atoms with Crippen LogP contribution in [0.4, 0.5) is 0 Å². The Kier molecular flexibility index (Phi) is 2.94. The van der Waals surface area contributed by atoms with Crippen molar-refractivity contribution < 1.29 is 0 Å². The van der Waals surface area contributed by atoms with Gasteiger partial charge in [-0.25, -0.2) is 0 Å². The Labute approximate surface area is 70.4 Å². The number of nitrogens with two attached hydrogens (primary N) is 1. The van der Waals surface area contributed by atoms with Crippen LogP contribution in [0, 0.1) is 17.8 Å². The van der Waals surface area contributed by atoms with Gasteiger partial charge in [0.15, 0.2) is 0 Å². The van der Waals surface area contributed by atoms with Gasteiger partial charge in [0.2, 0.25) is 0 Å². The van der Waals surface area contributed by atoms with Gasteiger partial charge in [-0.2, -0.15) is 0 Å². The van der Waals surface area contributed by atoms with Crippen molar-refractivity contribution in [3.8, 4) is 0 Å². The monoisotopic (exact) mass is 155 g/mol. The summed E-state index contributed by atoms with van der Waals surface area (Å²) in [6, 6.07) is 0.471. The minimum Gasteiger partial charge on any atom is -0.327 e. The summed E-state index contributed by atoms with van der Waals surface area (Å²) in [6.45, 7) is 6.90. The van der Waals surface area contributed by atoms with E-state index in [9.17, 15) is 0 Å². The summed E-state index contributed by atoms with van der Waals surface area (Å²) in [5.74, 6) is 2.42. The summed E-state index contributed by atoms with van der Waals surface area (Å²) in [4.78, 5) is 0. The highest BCUT2D eigenvalue weighted by molar-refractivity contribution is 4.82. The molecule has 1 aliphatic carbocycles. The van der Waals surface area contributed by atoms with Crippen LogP contribution in [0.2, 0.25) is 0 Å². The van der Waals surface area contributed by atoms with E-state index in [4.69, 9.17) is 5.73 Å². The molecule has 1 saturated carbocycles. The van der Waals surface area contributed by atoms with Gasteiger partial charge in [-0.05, 0) is 30.6 Å². The first-order valence-corrected chi connectivity index (χ1v) is 4.87. The summed E-state index contributed by atoms with van der Waals surface area (Å²) >= 11 is 0. The van der Waals surface area contributed by atoms with Gasteiger partial charge in [0.1, 0.15) is 0 Å². The lowest BCUT2D eigenvalue weighted by Crippen LogP contribution is -2.38. The Balaban J connectivity index is 2.44. The van der Waals surface area contributed by atoms with E-state index >= 15 is 0 Å². The molecular formula is C10H21N. The van der Waals surface area contributed by atoms with Crippen molar-refractivity contribution in [2.24, 2.45) is 23.5 Å². The van der Waals surface area contributed by atoms with Gasteiger partial charge in [-0.3, -0.25) is 0 Å². The molecule has 0 aliphatic heterocycles. The highest BCUT2D eigenvalue weighted by Crippen LogP contribution is 2.31. The smallest absolute Gasteiger partial charge is 0.00721 e. The lowest BCUT2D eigenvalue weighted by molar-refractivity contribution is 0.199. The first-order chi connectivity index (χ1) is 5.11. The van der Waals surface area contributed by atoms with Crippen molar-refractivity contribution in [3.63, 3.8) is 0 Å². The van der Waals surface area contributed by atoms with Crippen LogP contribution in [0.15, 0.2) is 0 Å². The zero-order chi connectivity index (χ0) is 8.43. The van der Waals surface area contributed by atoms with Crippen LogP contribution in [0.1, 0.15) is 40.0 Å². The summed E-state index contributed by atoms with van der Waals surface area (Å²) in [7, 11) is 0. The number of hydrogen-bond donors (Lipinski definition) is 1. The first kappa shape index (κ1) is 9.05. The molecule has 0 aromatic carbocycles. The van der Waals surface area contributed by atoms with Crippen molar-refractivity contribution in [3.05, 3.63) is 0 Å². The third kappa shape index (κ3) is 2.19. The second kappa shape index (κ2) is 3.57. The summed E-state index contributed by atoms with van der Waals surface area (Å²) < 4.78 is 0. The Morgan fingerprint density at radius 1 is 1.27 bits per heavy atom. The highest BCUT2D eigenvalue weighted by Gasteiger charge is 2.27.